The summed E-state index contributed by atoms with van der Waals surface area (Å²) in [6.07, 6.45) is 3.21. The van der Waals surface area contributed by atoms with Crippen molar-refractivity contribution in [2.45, 2.75) is 6.61 Å². The van der Waals surface area contributed by atoms with Crippen LogP contribution < -0.4 is 0 Å². The fourth-order valence-electron chi connectivity index (χ4n) is 1.63. The molecule has 0 saturated carbocycles. The molecule has 3 aromatic rings. The van der Waals surface area contributed by atoms with Crippen LogP contribution in [0.4, 0.5) is 0 Å². The number of benzene rings is 1. The lowest BCUT2D eigenvalue weighted by molar-refractivity contribution is 0.277. The summed E-state index contributed by atoms with van der Waals surface area (Å²) in [6.45, 7) is -0.0696. The van der Waals surface area contributed by atoms with E-state index in [4.69, 9.17) is 5.11 Å². The quantitative estimate of drug-likeness (QED) is 0.721. The van der Waals surface area contributed by atoms with E-state index in [0.29, 0.717) is 17.2 Å². The number of aromatic amines is 1. The zero-order valence-corrected chi connectivity index (χ0v) is 9.48. The van der Waals surface area contributed by atoms with Crippen molar-refractivity contribution in [1.82, 2.24) is 25.0 Å². The average molecular weight is 241 g/mol. The predicted molar refractivity (Wildman–Crippen MR) is 64.9 cm³/mol. The van der Waals surface area contributed by atoms with Crippen LogP contribution in [-0.4, -0.2) is 30.1 Å². The average Bonchev–Trinajstić information content (AvgIpc) is 3.08. The van der Waals surface area contributed by atoms with E-state index in [1.165, 1.54) is 4.80 Å². The molecule has 0 spiro atoms. The molecule has 18 heavy (non-hydrogen) atoms. The van der Waals surface area contributed by atoms with Gasteiger partial charge in [0.1, 0.15) is 5.69 Å². The summed E-state index contributed by atoms with van der Waals surface area (Å²) in [5.41, 5.74) is 2.18. The predicted octanol–water partition coefficient (Wildman–Crippen LogP) is 1.15. The molecular weight excluding hydrogens is 230 g/mol. The highest BCUT2D eigenvalue weighted by atomic mass is 16.3. The summed E-state index contributed by atoms with van der Waals surface area (Å²) < 4.78 is 0. The fourth-order valence-corrected chi connectivity index (χ4v) is 1.63. The van der Waals surface area contributed by atoms with Gasteiger partial charge in [-0.3, -0.25) is 0 Å². The molecule has 0 aliphatic carbocycles. The molecule has 2 aromatic heterocycles. The monoisotopic (exact) mass is 241 g/mol. The summed E-state index contributed by atoms with van der Waals surface area (Å²) in [5.74, 6) is 0.598. The number of aromatic nitrogens is 5. The summed E-state index contributed by atoms with van der Waals surface area (Å²) in [7, 11) is 0. The molecule has 0 radical (unpaired) electrons. The number of hydrogen-bond donors (Lipinski definition) is 2. The summed E-state index contributed by atoms with van der Waals surface area (Å²) in [5, 5.41) is 17.5. The zero-order valence-electron chi connectivity index (χ0n) is 9.48. The summed E-state index contributed by atoms with van der Waals surface area (Å²) in [6, 6.07) is 9.63. The van der Waals surface area contributed by atoms with Crippen LogP contribution in [0.25, 0.3) is 17.2 Å². The van der Waals surface area contributed by atoms with E-state index < -0.39 is 0 Å². The standard InChI is InChI=1S/C12H11N5O/c18-8-9-6-13-12(15-9)11-7-14-17(16-11)10-4-2-1-3-5-10/h1-7,18H,8H2,(H,13,15). The van der Waals surface area contributed by atoms with E-state index in [9.17, 15) is 0 Å². The molecule has 3 rings (SSSR count). The van der Waals surface area contributed by atoms with Crippen molar-refractivity contribution in [1.29, 1.82) is 0 Å². The van der Waals surface area contributed by atoms with E-state index >= 15 is 0 Å². The van der Waals surface area contributed by atoms with Crippen LogP contribution in [0.5, 0.6) is 0 Å². The Hall–Kier alpha value is -2.47. The molecule has 1 aromatic carbocycles. The van der Waals surface area contributed by atoms with Gasteiger partial charge in [-0.2, -0.15) is 9.90 Å². The number of rotatable bonds is 3. The second kappa shape index (κ2) is 4.42. The Kier molecular flexibility index (Phi) is 2.62. The second-order valence-corrected chi connectivity index (χ2v) is 3.77. The maximum atomic E-state index is 8.97. The number of nitrogens with one attached hydrogen (secondary N) is 1. The van der Waals surface area contributed by atoms with Gasteiger partial charge in [-0.15, -0.1) is 5.10 Å². The first kappa shape index (κ1) is 10.7. The summed E-state index contributed by atoms with van der Waals surface area (Å²) in [4.78, 5) is 8.64. The number of aliphatic hydroxyl groups is 1. The molecule has 0 saturated heterocycles. The van der Waals surface area contributed by atoms with Crippen molar-refractivity contribution in [3.8, 4) is 17.2 Å². The number of hydrogen-bond acceptors (Lipinski definition) is 4. The highest BCUT2D eigenvalue weighted by Gasteiger charge is 2.08. The van der Waals surface area contributed by atoms with Crippen LogP contribution in [-0.2, 0) is 6.61 Å². The lowest BCUT2D eigenvalue weighted by Crippen LogP contribution is -1.98. The molecule has 0 fully saturated rings. The van der Waals surface area contributed by atoms with Crippen LogP contribution in [0.1, 0.15) is 5.69 Å². The third-order valence-electron chi connectivity index (χ3n) is 2.52. The van der Waals surface area contributed by atoms with Crippen molar-refractivity contribution >= 4 is 0 Å². The third-order valence-corrected chi connectivity index (χ3v) is 2.52. The molecule has 0 aliphatic rings. The van der Waals surface area contributed by atoms with E-state index in [2.05, 4.69) is 20.2 Å². The van der Waals surface area contributed by atoms with Crippen LogP contribution in [0.3, 0.4) is 0 Å². The minimum atomic E-state index is -0.0696. The highest BCUT2D eigenvalue weighted by molar-refractivity contribution is 5.47. The van der Waals surface area contributed by atoms with Crippen LogP contribution in [0.2, 0.25) is 0 Å². The van der Waals surface area contributed by atoms with Gasteiger partial charge >= 0.3 is 0 Å². The van der Waals surface area contributed by atoms with Crippen molar-refractivity contribution in [2.75, 3.05) is 0 Å². The van der Waals surface area contributed by atoms with Gasteiger partial charge < -0.3 is 10.1 Å². The van der Waals surface area contributed by atoms with Gasteiger partial charge in [0, 0.05) is 0 Å². The van der Waals surface area contributed by atoms with Crippen molar-refractivity contribution in [2.24, 2.45) is 0 Å². The molecule has 6 heteroatoms. The Morgan fingerprint density at radius 2 is 2.00 bits per heavy atom. The number of H-pyrrole nitrogens is 1. The van der Waals surface area contributed by atoms with Gasteiger partial charge in [-0.25, -0.2) is 4.98 Å². The Morgan fingerprint density at radius 1 is 1.17 bits per heavy atom. The van der Waals surface area contributed by atoms with Gasteiger partial charge in [0.25, 0.3) is 0 Å². The Labute approximate surface area is 103 Å². The lowest BCUT2D eigenvalue weighted by atomic mass is 10.3. The molecule has 0 unspecified atom stereocenters. The highest BCUT2D eigenvalue weighted by Crippen LogP contribution is 2.13. The van der Waals surface area contributed by atoms with Gasteiger partial charge in [0.15, 0.2) is 5.82 Å². The van der Waals surface area contributed by atoms with E-state index in [1.54, 1.807) is 12.4 Å². The van der Waals surface area contributed by atoms with E-state index in [0.717, 1.165) is 5.69 Å². The second-order valence-electron chi connectivity index (χ2n) is 3.77. The van der Waals surface area contributed by atoms with Crippen LogP contribution >= 0.6 is 0 Å². The zero-order chi connectivity index (χ0) is 12.4. The van der Waals surface area contributed by atoms with Gasteiger partial charge in [-0.1, -0.05) is 18.2 Å². The normalized spacial score (nSPS) is 10.7. The van der Waals surface area contributed by atoms with E-state index in [1.807, 2.05) is 30.3 Å². The molecule has 0 aliphatic heterocycles. The van der Waals surface area contributed by atoms with Gasteiger partial charge in [0.2, 0.25) is 0 Å². The minimum absolute atomic E-state index is 0.0696. The number of aliphatic hydroxyl groups excluding tert-OH is 1. The SMILES string of the molecule is OCc1cnc(-c2cnn(-c3ccccc3)n2)[nH]1. The smallest absolute Gasteiger partial charge is 0.159 e. The molecule has 0 bridgehead atoms. The molecule has 2 N–H and O–H groups in total. The van der Waals surface area contributed by atoms with E-state index in [-0.39, 0.29) is 6.61 Å². The Balaban J connectivity index is 1.94. The van der Waals surface area contributed by atoms with Crippen LogP contribution in [0.15, 0.2) is 42.7 Å². The topological polar surface area (TPSA) is 79.6 Å². The molecule has 6 nitrogen and oxygen atoms in total. The molecule has 2 heterocycles. The lowest BCUT2D eigenvalue weighted by Gasteiger charge is -1.96. The largest absolute Gasteiger partial charge is 0.390 e. The fraction of sp³-hybridized carbons (Fsp3) is 0.0833. The number of nitrogens with zero attached hydrogens (tertiary/aromatic N) is 4. The first-order valence-corrected chi connectivity index (χ1v) is 5.50. The van der Waals surface area contributed by atoms with Crippen molar-refractivity contribution < 1.29 is 5.11 Å². The van der Waals surface area contributed by atoms with Gasteiger partial charge in [-0.05, 0) is 12.1 Å². The molecule has 0 atom stereocenters. The Bertz CT molecular complexity index is 643. The number of para-hydroxylation sites is 1. The maximum absolute atomic E-state index is 8.97. The molecule has 0 amide bonds. The number of imidazole rings is 1. The Morgan fingerprint density at radius 3 is 2.72 bits per heavy atom. The third kappa shape index (κ3) is 1.89. The maximum Gasteiger partial charge on any atom is 0.159 e. The first-order valence-electron chi connectivity index (χ1n) is 5.50. The molecule has 90 valence electrons. The van der Waals surface area contributed by atoms with Crippen molar-refractivity contribution in [3.63, 3.8) is 0 Å². The van der Waals surface area contributed by atoms with Gasteiger partial charge in [0.05, 0.1) is 30.4 Å². The van der Waals surface area contributed by atoms with Crippen LogP contribution in [0, 0.1) is 0 Å². The summed E-state index contributed by atoms with van der Waals surface area (Å²) >= 11 is 0. The molecular formula is C12H11N5O. The first-order chi connectivity index (χ1) is 8.86. The minimum Gasteiger partial charge on any atom is -0.390 e. The van der Waals surface area contributed by atoms with Crippen molar-refractivity contribution in [3.05, 3.63) is 48.4 Å².